The first-order valence-corrected chi connectivity index (χ1v) is 10.3. The monoisotopic (exact) mass is 397 g/mol. The van der Waals surface area contributed by atoms with E-state index in [1.54, 1.807) is 0 Å². The molecule has 1 amide bonds. The lowest BCUT2D eigenvalue weighted by Crippen LogP contribution is -2.41. The molecular weight excluding hydrogens is 366 g/mol. The Morgan fingerprint density at radius 1 is 1.14 bits per heavy atom. The number of carboxylic acids is 1. The maximum absolute atomic E-state index is 13.1. The van der Waals surface area contributed by atoms with Gasteiger partial charge in [-0.2, -0.15) is 0 Å². The van der Waals surface area contributed by atoms with Crippen LogP contribution in [0.1, 0.15) is 51.0 Å². The summed E-state index contributed by atoms with van der Waals surface area (Å²) in [5.41, 5.74) is 2.43. The molecule has 0 radical (unpaired) electrons. The molecule has 0 aliphatic heterocycles. The van der Waals surface area contributed by atoms with Gasteiger partial charge in [-0.15, -0.1) is 0 Å². The minimum Gasteiger partial charge on any atom is -0.481 e. The normalized spacial score (nSPS) is 14.2. The zero-order chi connectivity index (χ0) is 21.1. The number of benzene rings is 1. The van der Waals surface area contributed by atoms with Crippen LogP contribution in [0.25, 0.3) is 0 Å². The van der Waals surface area contributed by atoms with Crippen LogP contribution in [0.15, 0.2) is 54.1 Å². The smallest absolute Gasteiger partial charge is 0.304 e. The molecule has 1 aromatic carbocycles. The zero-order valence-electron chi connectivity index (χ0n) is 17.2. The topological polar surface area (TPSA) is 74.7 Å². The van der Waals surface area contributed by atoms with E-state index in [1.165, 1.54) is 17.4 Å². The third-order valence-corrected chi connectivity index (χ3v) is 5.16. The Hall–Kier alpha value is -2.69. The standard InChI is InChI=1S/C24H31NO4/c1-19(26)18-25(16-15-21-11-6-3-7-12-21)24(29)22(17-23(27)28)14-8-13-20-9-4-2-5-10-20/h2-4,6-7,9,11-12,22H,5,8,10,13-18H2,1H3,(H,27,28). The number of Topliss-reactive ketones (excluding diaryl/α,β-unsaturated/α-hetero) is 1. The van der Waals surface area contributed by atoms with Crippen molar-refractivity contribution in [2.75, 3.05) is 13.1 Å². The SMILES string of the molecule is CC(=O)CN(CCc1ccccc1)C(=O)C(CCCC1=CC=CCC1)CC(=O)O. The predicted molar refractivity (Wildman–Crippen MR) is 113 cm³/mol. The Morgan fingerprint density at radius 3 is 2.52 bits per heavy atom. The van der Waals surface area contributed by atoms with E-state index in [9.17, 15) is 19.5 Å². The second-order valence-corrected chi connectivity index (χ2v) is 7.68. The van der Waals surface area contributed by atoms with Crippen molar-refractivity contribution >= 4 is 17.7 Å². The molecule has 156 valence electrons. The molecule has 1 atom stereocenters. The Kier molecular flexibility index (Phi) is 9.35. The molecule has 1 aliphatic carbocycles. The molecule has 0 heterocycles. The molecule has 0 saturated heterocycles. The lowest BCUT2D eigenvalue weighted by molar-refractivity contribution is -0.145. The lowest BCUT2D eigenvalue weighted by Gasteiger charge is -2.26. The molecule has 0 spiro atoms. The highest BCUT2D eigenvalue weighted by molar-refractivity contribution is 5.87. The van der Waals surface area contributed by atoms with Gasteiger partial charge in [-0.1, -0.05) is 54.1 Å². The van der Waals surface area contributed by atoms with Crippen LogP contribution in [0.4, 0.5) is 0 Å². The minimum atomic E-state index is -0.978. The number of amides is 1. The van der Waals surface area contributed by atoms with Crippen molar-refractivity contribution in [2.45, 2.75) is 51.9 Å². The van der Waals surface area contributed by atoms with Crippen molar-refractivity contribution < 1.29 is 19.5 Å². The van der Waals surface area contributed by atoms with Crippen molar-refractivity contribution in [3.63, 3.8) is 0 Å². The third-order valence-electron chi connectivity index (χ3n) is 5.16. The Morgan fingerprint density at radius 2 is 1.90 bits per heavy atom. The van der Waals surface area contributed by atoms with Gasteiger partial charge in [0.05, 0.1) is 13.0 Å². The summed E-state index contributed by atoms with van der Waals surface area (Å²) in [5.74, 6) is -1.90. The van der Waals surface area contributed by atoms with Crippen molar-refractivity contribution in [1.82, 2.24) is 4.90 Å². The van der Waals surface area contributed by atoms with Crippen LogP contribution >= 0.6 is 0 Å². The van der Waals surface area contributed by atoms with Gasteiger partial charge in [0.15, 0.2) is 0 Å². The van der Waals surface area contributed by atoms with Crippen LogP contribution in [0.5, 0.6) is 0 Å². The second kappa shape index (κ2) is 12.0. The summed E-state index contributed by atoms with van der Waals surface area (Å²) in [5, 5.41) is 9.29. The van der Waals surface area contributed by atoms with Gasteiger partial charge in [0.1, 0.15) is 5.78 Å². The molecule has 1 aliphatic rings. The molecule has 1 N–H and O–H groups in total. The molecule has 0 bridgehead atoms. The van der Waals surface area contributed by atoms with Gasteiger partial charge in [-0.05, 0) is 51.0 Å². The van der Waals surface area contributed by atoms with Crippen LogP contribution in [0.2, 0.25) is 0 Å². The largest absolute Gasteiger partial charge is 0.481 e. The van der Waals surface area contributed by atoms with E-state index in [1.807, 2.05) is 30.3 Å². The fourth-order valence-corrected chi connectivity index (χ4v) is 3.66. The molecular formula is C24H31NO4. The summed E-state index contributed by atoms with van der Waals surface area (Å²) >= 11 is 0. The summed E-state index contributed by atoms with van der Waals surface area (Å²) in [6, 6.07) is 9.78. The third kappa shape index (κ3) is 8.46. The number of hydrogen-bond acceptors (Lipinski definition) is 3. The quantitative estimate of drug-likeness (QED) is 0.574. The summed E-state index contributed by atoms with van der Waals surface area (Å²) < 4.78 is 0. The first-order valence-electron chi connectivity index (χ1n) is 10.3. The number of aliphatic carboxylic acids is 1. The lowest BCUT2D eigenvalue weighted by atomic mass is 9.93. The number of carbonyl (C=O) groups is 3. The summed E-state index contributed by atoms with van der Waals surface area (Å²) in [7, 11) is 0. The van der Waals surface area contributed by atoms with Crippen molar-refractivity contribution in [3.8, 4) is 0 Å². The van der Waals surface area contributed by atoms with Gasteiger partial charge < -0.3 is 10.0 Å². The number of hydrogen-bond donors (Lipinski definition) is 1. The summed E-state index contributed by atoms with van der Waals surface area (Å²) in [4.78, 5) is 37.7. The van der Waals surface area contributed by atoms with Crippen LogP contribution in [-0.2, 0) is 20.8 Å². The molecule has 1 aromatic rings. The molecule has 5 nitrogen and oxygen atoms in total. The van der Waals surface area contributed by atoms with Gasteiger partial charge in [-0.25, -0.2) is 0 Å². The van der Waals surface area contributed by atoms with Crippen molar-refractivity contribution in [3.05, 3.63) is 59.7 Å². The Balaban J connectivity index is 2.00. The molecule has 0 fully saturated rings. The van der Waals surface area contributed by atoms with E-state index >= 15 is 0 Å². The number of allylic oxidation sites excluding steroid dienone is 4. The molecule has 29 heavy (non-hydrogen) atoms. The first kappa shape index (κ1) is 22.6. The second-order valence-electron chi connectivity index (χ2n) is 7.68. The number of ketones is 1. The van der Waals surface area contributed by atoms with Crippen LogP contribution in [-0.4, -0.2) is 40.8 Å². The average Bonchev–Trinajstić information content (AvgIpc) is 2.71. The van der Waals surface area contributed by atoms with Crippen molar-refractivity contribution in [2.24, 2.45) is 5.92 Å². The zero-order valence-corrected chi connectivity index (χ0v) is 17.2. The van der Waals surface area contributed by atoms with Crippen molar-refractivity contribution in [1.29, 1.82) is 0 Å². The maximum Gasteiger partial charge on any atom is 0.304 e. The van der Waals surface area contributed by atoms with E-state index in [4.69, 9.17) is 0 Å². The number of rotatable bonds is 12. The molecule has 1 unspecified atom stereocenters. The van der Waals surface area contributed by atoms with Crippen LogP contribution in [0, 0.1) is 5.92 Å². The summed E-state index contributed by atoms with van der Waals surface area (Å²) in [6.07, 6.45) is 11.0. The maximum atomic E-state index is 13.1. The van der Waals surface area contributed by atoms with Gasteiger partial charge in [0.2, 0.25) is 5.91 Å². The van der Waals surface area contributed by atoms with E-state index in [-0.39, 0.29) is 24.7 Å². The number of nitrogens with zero attached hydrogens (tertiary/aromatic N) is 1. The predicted octanol–water partition coefficient (Wildman–Crippen LogP) is 4.18. The van der Waals surface area contributed by atoms with E-state index in [0.29, 0.717) is 19.4 Å². The number of carboxylic acid groups (broad SMARTS) is 1. The molecule has 2 rings (SSSR count). The highest BCUT2D eigenvalue weighted by Crippen LogP contribution is 2.22. The Labute approximate surface area is 173 Å². The van der Waals surface area contributed by atoms with E-state index in [0.717, 1.165) is 31.2 Å². The van der Waals surface area contributed by atoms with Gasteiger partial charge in [0, 0.05) is 12.5 Å². The van der Waals surface area contributed by atoms with Gasteiger partial charge in [-0.3, -0.25) is 14.4 Å². The fourth-order valence-electron chi connectivity index (χ4n) is 3.66. The van der Waals surface area contributed by atoms with Crippen LogP contribution in [0.3, 0.4) is 0 Å². The van der Waals surface area contributed by atoms with Gasteiger partial charge >= 0.3 is 5.97 Å². The molecule has 0 aromatic heterocycles. The van der Waals surface area contributed by atoms with E-state index < -0.39 is 11.9 Å². The summed E-state index contributed by atoms with van der Waals surface area (Å²) in [6.45, 7) is 1.89. The number of carbonyl (C=O) groups excluding carboxylic acids is 2. The molecule has 5 heteroatoms. The minimum absolute atomic E-state index is 0.0255. The average molecular weight is 398 g/mol. The van der Waals surface area contributed by atoms with Crippen LogP contribution < -0.4 is 0 Å². The Bertz CT molecular complexity index is 751. The fraction of sp³-hybridized carbons (Fsp3) is 0.458. The molecule has 0 saturated carbocycles. The highest BCUT2D eigenvalue weighted by Gasteiger charge is 2.27. The first-order chi connectivity index (χ1) is 14.0. The van der Waals surface area contributed by atoms with Gasteiger partial charge in [0.25, 0.3) is 0 Å². The highest BCUT2D eigenvalue weighted by atomic mass is 16.4. The van der Waals surface area contributed by atoms with E-state index in [2.05, 4.69) is 18.2 Å².